The first-order valence-corrected chi connectivity index (χ1v) is 9.65. The number of fused-ring (bicyclic) bond motifs is 1. The molecule has 1 aromatic carbocycles. The molecule has 7 heteroatoms. The van der Waals surface area contributed by atoms with Crippen LogP contribution in [0.15, 0.2) is 12.1 Å². The van der Waals surface area contributed by atoms with E-state index in [2.05, 4.69) is 5.32 Å². The second-order valence-corrected chi connectivity index (χ2v) is 8.24. The van der Waals surface area contributed by atoms with E-state index in [0.717, 1.165) is 30.3 Å². The molecule has 2 atom stereocenters. The van der Waals surface area contributed by atoms with Crippen LogP contribution in [-0.2, 0) is 20.9 Å². The van der Waals surface area contributed by atoms with Crippen LogP contribution in [-0.4, -0.2) is 30.6 Å². The highest BCUT2D eigenvalue weighted by Crippen LogP contribution is 2.42. The van der Waals surface area contributed by atoms with Crippen molar-refractivity contribution in [3.05, 3.63) is 23.3 Å². The number of carbonyl (C=O) groups is 3. The topological polar surface area (TPSA) is 90.9 Å². The molecule has 1 heterocycles. The van der Waals surface area contributed by atoms with Gasteiger partial charge in [0.2, 0.25) is 6.79 Å². The van der Waals surface area contributed by atoms with Gasteiger partial charge in [0, 0.05) is 24.8 Å². The van der Waals surface area contributed by atoms with E-state index in [9.17, 15) is 14.4 Å². The molecule has 0 spiro atoms. The summed E-state index contributed by atoms with van der Waals surface area (Å²) < 4.78 is 16.2. The lowest BCUT2D eigenvalue weighted by molar-refractivity contribution is -0.128. The van der Waals surface area contributed by atoms with E-state index in [1.807, 2.05) is 12.1 Å². The third kappa shape index (κ3) is 4.64. The molecular formula is C21H27NO6. The fraction of sp³-hybridized carbons (Fsp3) is 0.571. The van der Waals surface area contributed by atoms with Crippen LogP contribution < -0.4 is 14.8 Å². The molecule has 28 heavy (non-hydrogen) atoms. The zero-order valence-corrected chi connectivity index (χ0v) is 16.6. The number of ketones is 1. The Kier molecular flexibility index (Phi) is 5.91. The normalized spacial score (nSPS) is 21.3. The van der Waals surface area contributed by atoms with Gasteiger partial charge in [0.1, 0.15) is 17.7 Å². The van der Waals surface area contributed by atoms with Crippen LogP contribution in [0.4, 0.5) is 4.79 Å². The number of hydrogen-bond donors (Lipinski definition) is 1. The largest absolute Gasteiger partial charge is 0.454 e. The molecular weight excluding hydrogens is 362 g/mol. The van der Waals surface area contributed by atoms with Gasteiger partial charge in [-0.3, -0.25) is 4.79 Å². The SMILES string of the molecule is CC(C)(C)OC(=O)NCc1cc2c(cc1[C@@H]1CCC[C@H](CC=O)C1=O)OCO2. The maximum Gasteiger partial charge on any atom is 0.407 e. The van der Waals surface area contributed by atoms with E-state index < -0.39 is 11.7 Å². The Morgan fingerprint density at radius 2 is 1.96 bits per heavy atom. The maximum absolute atomic E-state index is 13.0. The van der Waals surface area contributed by atoms with Crippen molar-refractivity contribution in [2.24, 2.45) is 5.92 Å². The second-order valence-electron chi connectivity index (χ2n) is 8.24. The quantitative estimate of drug-likeness (QED) is 0.776. The van der Waals surface area contributed by atoms with Crippen molar-refractivity contribution >= 4 is 18.2 Å². The van der Waals surface area contributed by atoms with Crippen LogP contribution in [0, 0.1) is 5.92 Å². The van der Waals surface area contributed by atoms with Gasteiger partial charge in [0.15, 0.2) is 11.5 Å². The summed E-state index contributed by atoms with van der Waals surface area (Å²) in [4.78, 5) is 35.9. The summed E-state index contributed by atoms with van der Waals surface area (Å²) in [5.74, 6) is 0.714. The van der Waals surface area contributed by atoms with Gasteiger partial charge in [-0.05, 0) is 56.9 Å². The van der Waals surface area contributed by atoms with Gasteiger partial charge >= 0.3 is 6.09 Å². The highest BCUT2D eigenvalue weighted by molar-refractivity contribution is 5.90. The van der Waals surface area contributed by atoms with Crippen LogP contribution in [0.25, 0.3) is 0 Å². The molecule has 0 aromatic heterocycles. The average molecular weight is 389 g/mol. The number of benzene rings is 1. The zero-order chi connectivity index (χ0) is 20.3. The van der Waals surface area contributed by atoms with E-state index in [-0.39, 0.29) is 37.4 Å². The van der Waals surface area contributed by atoms with Crippen molar-refractivity contribution in [3.63, 3.8) is 0 Å². The van der Waals surface area contributed by atoms with Crippen LogP contribution in [0.2, 0.25) is 0 Å². The van der Waals surface area contributed by atoms with E-state index in [1.165, 1.54) is 0 Å². The van der Waals surface area contributed by atoms with Gasteiger partial charge in [0.25, 0.3) is 0 Å². The number of aldehydes is 1. The van der Waals surface area contributed by atoms with Gasteiger partial charge in [-0.1, -0.05) is 6.42 Å². The summed E-state index contributed by atoms with van der Waals surface area (Å²) in [6.07, 6.45) is 2.88. The lowest BCUT2D eigenvalue weighted by atomic mass is 9.74. The van der Waals surface area contributed by atoms with Gasteiger partial charge < -0.3 is 24.3 Å². The Morgan fingerprint density at radius 3 is 2.64 bits per heavy atom. The molecule has 2 aliphatic rings. The van der Waals surface area contributed by atoms with Gasteiger partial charge in [-0.15, -0.1) is 0 Å². The standard InChI is InChI=1S/C21H27NO6/c1-21(2,3)28-20(25)22-11-14-9-17-18(27-12-26-17)10-16(14)15-6-4-5-13(7-8-23)19(15)24/h8-10,13,15H,4-7,11-12H2,1-3H3,(H,22,25)/t13-,15+/m1/s1. The smallest absolute Gasteiger partial charge is 0.407 e. The molecule has 1 amide bonds. The molecule has 1 fully saturated rings. The van der Waals surface area contributed by atoms with Crippen molar-refractivity contribution in [1.82, 2.24) is 5.32 Å². The van der Waals surface area contributed by atoms with Gasteiger partial charge in [-0.2, -0.15) is 0 Å². The predicted octanol–water partition coefficient (Wildman–Crippen LogP) is 3.48. The Labute approximate surface area is 164 Å². The zero-order valence-electron chi connectivity index (χ0n) is 16.6. The molecule has 3 rings (SSSR count). The van der Waals surface area contributed by atoms with Crippen LogP contribution in [0.3, 0.4) is 0 Å². The molecule has 0 radical (unpaired) electrons. The summed E-state index contributed by atoms with van der Waals surface area (Å²) in [7, 11) is 0. The minimum atomic E-state index is -0.594. The van der Waals surface area contributed by atoms with E-state index in [0.29, 0.717) is 17.9 Å². The third-order valence-electron chi connectivity index (χ3n) is 5.00. The first kappa shape index (κ1) is 20.2. The Bertz CT molecular complexity index is 767. The number of alkyl carbamates (subject to hydrolysis) is 1. The van der Waals surface area contributed by atoms with Crippen molar-refractivity contribution in [2.75, 3.05) is 6.79 Å². The van der Waals surface area contributed by atoms with Crippen LogP contribution >= 0.6 is 0 Å². The van der Waals surface area contributed by atoms with Crippen LogP contribution in [0.1, 0.15) is 63.5 Å². The molecule has 0 saturated heterocycles. The Morgan fingerprint density at radius 1 is 1.25 bits per heavy atom. The fourth-order valence-corrected chi connectivity index (χ4v) is 3.76. The minimum absolute atomic E-state index is 0.0794. The van der Waals surface area contributed by atoms with Crippen molar-refractivity contribution in [2.45, 2.75) is 64.5 Å². The van der Waals surface area contributed by atoms with Gasteiger partial charge in [-0.25, -0.2) is 4.79 Å². The summed E-state index contributed by atoms with van der Waals surface area (Å²) in [5, 5.41) is 2.75. The van der Waals surface area contributed by atoms with E-state index >= 15 is 0 Å². The average Bonchev–Trinajstić information content (AvgIpc) is 3.07. The van der Waals surface area contributed by atoms with Crippen molar-refractivity contribution < 1.29 is 28.6 Å². The number of hydrogen-bond acceptors (Lipinski definition) is 6. The number of ether oxygens (including phenoxy) is 3. The molecule has 1 aliphatic carbocycles. The molecule has 0 bridgehead atoms. The van der Waals surface area contributed by atoms with Gasteiger partial charge in [0.05, 0.1) is 0 Å². The van der Waals surface area contributed by atoms with E-state index in [4.69, 9.17) is 14.2 Å². The number of amides is 1. The molecule has 1 aromatic rings. The molecule has 7 nitrogen and oxygen atoms in total. The molecule has 1 N–H and O–H groups in total. The minimum Gasteiger partial charge on any atom is -0.454 e. The summed E-state index contributed by atoms with van der Waals surface area (Å²) in [6, 6.07) is 3.64. The number of carbonyl (C=O) groups excluding carboxylic acids is 3. The van der Waals surface area contributed by atoms with Crippen molar-refractivity contribution in [1.29, 1.82) is 0 Å². The molecule has 152 valence electrons. The summed E-state index contributed by atoms with van der Waals surface area (Å²) in [6.45, 7) is 5.73. The molecule has 1 saturated carbocycles. The number of nitrogens with one attached hydrogen (secondary N) is 1. The Hall–Kier alpha value is -2.57. The fourth-order valence-electron chi connectivity index (χ4n) is 3.76. The van der Waals surface area contributed by atoms with Crippen LogP contribution in [0.5, 0.6) is 11.5 Å². The highest BCUT2D eigenvalue weighted by atomic mass is 16.7. The Balaban J connectivity index is 1.84. The lowest BCUT2D eigenvalue weighted by Gasteiger charge is -2.29. The molecule has 0 unspecified atom stereocenters. The second kappa shape index (κ2) is 8.20. The summed E-state index contributed by atoms with van der Waals surface area (Å²) >= 11 is 0. The maximum atomic E-state index is 13.0. The first-order valence-electron chi connectivity index (χ1n) is 9.65. The highest BCUT2D eigenvalue weighted by Gasteiger charge is 2.34. The predicted molar refractivity (Wildman–Crippen MR) is 101 cm³/mol. The first-order chi connectivity index (χ1) is 13.3. The third-order valence-corrected chi connectivity index (χ3v) is 5.00. The summed E-state index contributed by atoms with van der Waals surface area (Å²) in [5.41, 5.74) is 1.02. The lowest BCUT2D eigenvalue weighted by Crippen LogP contribution is -2.33. The van der Waals surface area contributed by atoms with Crippen molar-refractivity contribution in [3.8, 4) is 11.5 Å². The number of Topliss-reactive ketones (excluding diaryl/α,β-unsaturated/α-hetero) is 1. The molecule has 1 aliphatic heterocycles. The monoisotopic (exact) mass is 389 g/mol. The van der Waals surface area contributed by atoms with E-state index in [1.54, 1.807) is 20.8 Å². The number of rotatable bonds is 5.